The van der Waals surface area contributed by atoms with Crippen LogP contribution >= 0.6 is 0 Å². The van der Waals surface area contributed by atoms with Crippen molar-refractivity contribution in [2.75, 3.05) is 14.2 Å². The van der Waals surface area contributed by atoms with Crippen molar-refractivity contribution >= 4 is 17.4 Å². The topological polar surface area (TPSA) is 76.1 Å². The maximum Gasteiger partial charge on any atom is 0.295 e. The number of ketones is 1. The van der Waals surface area contributed by atoms with Gasteiger partial charge in [0, 0.05) is 12.1 Å². The van der Waals surface area contributed by atoms with E-state index < -0.39 is 17.7 Å². The SMILES string of the molecule is COc1cccc(C(O)=C2C(=O)C(=O)N(Cc3ccccc3)C2c2cccc(OC)c2)c1. The minimum atomic E-state index is -0.767. The van der Waals surface area contributed by atoms with Gasteiger partial charge in [0.25, 0.3) is 11.7 Å². The number of hydrogen-bond donors (Lipinski definition) is 1. The lowest BCUT2D eigenvalue weighted by molar-refractivity contribution is -0.140. The molecule has 6 heteroatoms. The zero-order valence-electron chi connectivity index (χ0n) is 17.8. The molecule has 0 aromatic heterocycles. The molecule has 0 aliphatic carbocycles. The standard InChI is InChI=1S/C26H23NO5/c1-31-20-12-6-10-18(14-20)23-22(24(28)19-11-7-13-21(15-19)32-2)25(29)26(30)27(23)16-17-8-4-3-5-9-17/h3-15,23,28H,16H2,1-2H3. The van der Waals surface area contributed by atoms with E-state index in [2.05, 4.69) is 0 Å². The van der Waals surface area contributed by atoms with E-state index in [9.17, 15) is 14.7 Å². The zero-order chi connectivity index (χ0) is 22.7. The molecule has 0 bridgehead atoms. The summed E-state index contributed by atoms with van der Waals surface area (Å²) < 4.78 is 10.6. The number of likely N-dealkylation sites (tertiary alicyclic amines) is 1. The van der Waals surface area contributed by atoms with Crippen LogP contribution in [0, 0.1) is 0 Å². The highest BCUT2D eigenvalue weighted by Crippen LogP contribution is 2.41. The Morgan fingerprint density at radius 3 is 2.22 bits per heavy atom. The molecule has 0 spiro atoms. The number of ether oxygens (including phenoxy) is 2. The quantitative estimate of drug-likeness (QED) is 0.359. The monoisotopic (exact) mass is 429 g/mol. The van der Waals surface area contributed by atoms with Gasteiger partial charge in [-0.3, -0.25) is 9.59 Å². The van der Waals surface area contributed by atoms with Crippen LogP contribution in [0.15, 0.2) is 84.4 Å². The molecule has 0 radical (unpaired) electrons. The number of carbonyl (C=O) groups excluding carboxylic acids is 2. The summed E-state index contributed by atoms with van der Waals surface area (Å²) in [5, 5.41) is 11.2. The number of methoxy groups -OCH3 is 2. The van der Waals surface area contributed by atoms with Crippen LogP contribution in [0.2, 0.25) is 0 Å². The van der Waals surface area contributed by atoms with Crippen molar-refractivity contribution in [2.45, 2.75) is 12.6 Å². The van der Waals surface area contributed by atoms with Crippen molar-refractivity contribution < 1.29 is 24.2 Å². The summed E-state index contributed by atoms with van der Waals surface area (Å²) in [6.07, 6.45) is 0. The van der Waals surface area contributed by atoms with Crippen LogP contribution in [0.3, 0.4) is 0 Å². The molecule has 1 saturated heterocycles. The van der Waals surface area contributed by atoms with Crippen molar-refractivity contribution in [1.82, 2.24) is 4.90 Å². The molecule has 3 aromatic carbocycles. The Balaban J connectivity index is 1.88. The smallest absolute Gasteiger partial charge is 0.295 e. The summed E-state index contributed by atoms with van der Waals surface area (Å²) in [6, 6.07) is 22.6. The van der Waals surface area contributed by atoms with E-state index in [1.807, 2.05) is 36.4 Å². The van der Waals surface area contributed by atoms with Crippen LogP contribution in [0.25, 0.3) is 5.76 Å². The summed E-state index contributed by atoms with van der Waals surface area (Å²) in [4.78, 5) is 27.7. The normalized spacial score (nSPS) is 17.4. The van der Waals surface area contributed by atoms with Crippen molar-refractivity contribution in [2.24, 2.45) is 0 Å². The highest BCUT2D eigenvalue weighted by atomic mass is 16.5. The number of rotatable bonds is 6. The maximum atomic E-state index is 13.1. The number of Topliss-reactive ketones (excluding diaryl/α,β-unsaturated/α-hetero) is 1. The Hall–Kier alpha value is -4.06. The van der Waals surface area contributed by atoms with E-state index in [0.717, 1.165) is 5.56 Å². The van der Waals surface area contributed by atoms with Gasteiger partial charge < -0.3 is 19.5 Å². The van der Waals surface area contributed by atoms with Crippen molar-refractivity contribution in [3.05, 3.63) is 101 Å². The Morgan fingerprint density at radius 1 is 0.875 bits per heavy atom. The average Bonchev–Trinajstić information content (AvgIpc) is 3.09. The molecular formula is C26H23NO5. The predicted molar refractivity (Wildman–Crippen MR) is 120 cm³/mol. The van der Waals surface area contributed by atoms with Crippen molar-refractivity contribution in [3.63, 3.8) is 0 Å². The van der Waals surface area contributed by atoms with Gasteiger partial charge in [0.2, 0.25) is 0 Å². The number of carbonyl (C=O) groups is 2. The van der Waals surface area contributed by atoms with Crippen LogP contribution in [0.1, 0.15) is 22.7 Å². The number of benzene rings is 3. The van der Waals surface area contributed by atoms with Gasteiger partial charge in [-0.25, -0.2) is 0 Å². The van der Waals surface area contributed by atoms with Crippen molar-refractivity contribution in [3.8, 4) is 11.5 Å². The number of amides is 1. The van der Waals surface area contributed by atoms with E-state index >= 15 is 0 Å². The molecule has 32 heavy (non-hydrogen) atoms. The van der Waals surface area contributed by atoms with Gasteiger partial charge in [0.1, 0.15) is 17.3 Å². The highest BCUT2D eigenvalue weighted by molar-refractivity contribution is 6.46. The predicted octanol–water partition coefficient (Wildman–Crippen LogP) is 4.33. The highest BCUT2D eigenvalue weighted by Gasteiger charge is 2.46. The largest absolute Gasteiger partial charge is 0.507 e. The first-order chi connectivity index (χ1) is 15.5. The molecule has 162 valence electrons. The van der Waals surface area contributed by atoms with Crippen LogP contribution < -0.4 is 9.47 Å². The summed E-state index contributed by atoms with van der Waals surface area (Å²) in [6.45, 7) is 0.224. The Bertz CT molecular complexity index is 1190. The average molecular weight is 429 g/mol. The van der Waals surface area contributed by atoms with Gasteiger partial charge in [-0.2, -0.15) is 0 Å². The summed E-state index contributed by atoms with van der Waals surface area (Å²) in [5.74, 6) is -0.509. The van der Waals surface area contributed by atoms with Gasteiger partial charge in [-0.15, -0.1) is 0 Å². The van der Waals surface area contributed by atoms with E-state index in [4.69, 9.17) is 9.47 Å². The summed E-state index contributed by atoms with van der Waals surface area (Å²) in [5.41, 5.74) is 1.98. The van der Waals surface area contributed by atoms with E-state index in [1.54, 1.807) is 49.6 Å². The lowest BCUT2D eigenvalue weighted by atomic mass is 9.95. The summed E-state index contributed by atoms with van der Waals surface area (Å²) in [7, 11) is 3.07. The molecule has 6 nitrogen and oxygen atoms in total. The molecular weight excluding hydrogens is 406 g/mol. The summed E-state index contributed by atoms with van der Waals surface area (Å²) >= 11 is 0. The van der Waals surface area contributed by atoms with E-state index in [1.165, 1.54) is 12.0 Å². The second kappa shape index (κ2) is 8.98. The zero-order valence-corrected chi connectivity index (χ0v) is 17.8. The Labute approximate surface area is 186 Å². The lowest BCUT2D eigenvalue weighted by Crippen LogP contribution is -2.29. The molecule has 1 heterocycles. The van der Waals surface area contributed by atoms with E-state index in [-0.39, 0.29) is 17.9 Å². The first-order valence-corrected chi connectivity index (χ1v) is 10.1. The molecule has 1 fully saturated rings. The van der Waals surface area contributed by atoms with Crippen LogP contribution in [-0.4, -0.2) is 35.9 Å². The van der Waals surface area contributed by atoms with Gasteiger partial charge in [-0.1, -0.05) is 54.6 Å². The van der Waals surface area contributed by atoms with Gasteiger partial charge >= 0.3 is 0 Å². The number of hydrogen-bond acceptors (Lipinski definition) is 5. The molecule has 1 N–H and O–H groups in total. The molecule has 1 unspecified atom stereocenters. The van der Waals surface area contributed by atoms with Crippen molar-refractivity contribution in [1.29, 1.82) is 0 Å². The van der Waals surface area contributed by atoms with Gasteiger partial charge in [-0.05, 0) is 35.4 Å². The second-order valence-corrected chi connectivity index (χ2v) is 7.42. The molecule has 0 saturated carbocycles. The van der Waals surface area contributed by atoms with Gasteiger partial charge in [0.15, 0.2) is 0 Å². The van der Waals surface area contributed by atoms with Crippen LogP contribution in [-0.2, 0) is 16.1 Å². The third-order valence-electron chi connectivity index (χ3n) is 5.49. The minimum Gasteiger partial charge on any atom is -0.507 e. The van der Waals surface area contributed by atoms with Crippen LogP contribution in [0.4, 0.5) is 0 Å². The fourth-order valence-corrected chi connectivity index (χ4v) is 3.91. The number of aliphatic hydroxyl groups is 1. The molecule has 1 atom stereocenters. The fraction of sp³-hybridized carbons (Fsp3) is 0.154. The van der Waals surface area contributed by atoms with Gasteiger partial charge in [0.05, 0.1) is 25.8 Å². The molecule has 1 aliphatic rings. The minimum absolute atomic E-state index is 0.0347. The molecule has 3 aromatic rings. The molecule has 1 aliphatic heterocycles. The Morgan fingerprint density at radius 2 is 1.53 bits per heavy atom. The first-order valence-electron chi connectivity index (χ1n) is 10.1. The second-order valence-electron chi connectivity index (χ2n) is 7.42. The third kappa shape index (κ3) is 3.95. The number of aliphatic hydroxyl groups excluding tert-OH is 1. The molecule has 1 amide bonds. The van der Waals surface area contributed by atoms with Crippen LogP contribution in [0.5, 0.6) is 11.5 Å². The lowest BCUT2D eigenvalue weighted by Gasteiger charge is -2.25. The first kappa shape index (κ1) is 21.2. The number of nitrogens with zero attached hydrogens (tertiary/aromatic N) is 1. The fourth-order valence-electron chi connectivity index (χ4n) is 3.91. The Kier molecular flexibility index (Phi) is 5.94. The molecule has 4 rings (SSSR count). The third-order valence-corrected chi connectivity index (χ3v) is 5.49. The maximum absolute atomic E-state index is 13.1. The van der Waals surface area contributed by atoms with E-state index in [0.29, 0.717) is 22.6 Å².